The van der Waals surface area contributed by atoms with Crippen molar-refractivity contribution in [3.63, 3.8) is 0 Å². The number of aromatic nitrogens is 1. The number of nitrogens with zero attached hydrogens (tertiary/aromatic N) is 2. The molecule has 2 rings (SSSR count). The predicted molar refractivity (Wildman–Crippen MR) is 80.1 cm³/mol. The summed E-state index contributed by atoms with van der Waals surface area (Å²) in [5.41, 5.74) is 2.81. The van der Waals surface area contributed by atoms with Gasteiger partial charge < -0.3 is 5.32 Å². The first-order chi connectivity index (χ1) is 8.88. The van der Waals surface area contributed by atoms with Crippen molar-refractivity contribution >= 4 is 0 Å². The molecule has 19 heavy (non-hydrogen) atoms. The Labute approximate surface area is 117 Å². The van der Waals surface area contributed by atoms with Gasteiger partial charge in [0.05, 0.1) is 5.69 Å². The van der Waals surface area contributed by atoms with Gasteiger partial charge in [0, 0.05) is 37.9 Å². The maximum atomic E-state index is 4.53. The number of piperazine rings is 1. The van der Waals surface area contributed by atoms with E-state index in [4.69, 9.17) is 0 Å². The molecule has 0 aromatic carbocycles. The summed E-state index contributed by atoms with van der Waals surface area (Å²) in [5.74, 6) is 0. The van der Waals surface area contributed by atoms with Crippen LogP contribution in [0.4, 0.5) is 0 Å². The molecule has 1 aromatic rings. The zero-order chi connectivity index (χ0) is 14.0. The van der Waals surface area contributed by atoms with Gasteiger partial charge in [-0.1, -0.05) is 26.8 Å². The third-order valence-corrected chi connectivity index (χ3v) is 4.22. The standard InChI is InChI=1S/C16H27N3/c1-12-7-6-8-17-14(12)10-19-11-15(16(3,4)5)18-9-13(19)2/h6-8,13,15,18H,9-11H2,1-5H3. The Kier molecular flexibility index (Phi) is 4.26. The zero-order valence-corrected chi connectivity index (χ0v) is 12.9. The van der Waals surface area contributed by atoms with Gasteiger partial charge in [-0.15, -0.1) is 0 Å². The maximum absolute atomic E-state index is 4.53. The number of hydrogen-bond donors (Lipinski definition) is 1. The van der Waals surface area contributed by atoms with Crippen molar-refractivity contribution in [2.24, 2.45) is 5.41 Å². The summed E-state index contributed by atoms with van der Waals surface area (Å²) in [6.45, 7) is 14.5. The minimum Gasteiger partial charge on any atom is -0.311 e. The van der Waals surface area contributed by atoms with Gasteiger partial charge >= 0.3 is 0 Å². The molecule has 3 nitrogen and oxygen atoms in total. The Morgan fingerprint density at radius 2 is 2.16 bits per heavy atom. The van der Waals surface area contributed by atoms with Crippen LogP contribution in [0.5, 0.6) is 0 Å². The molecule has 1 saturated heterocycles. The lowest BCUT2D eigenvalue weighted by Gasteiger charge is -2.44. The fraction of sp³-hybridized carbons (Fsp3) is 0.688. The van der Waals surface area contributed by atoms with Crippen molar-refractivity contribution < 1.29 is 0 Å². The topological polar surface area (TPSA) is 28.2 Å². The highest BCUT2D eigenvalue weighted by molar-refractivity contribution is 5.17. The van der Waals surface area contributed by atoms with E-state index in [-0.39, 0.29) is 0 Å². The summed E-state index contributed by atoms with van der Waals surface area (Å²) in [7, 11) is 0. The van der Waals surface area contributed by atoms with E-state index in [1.807, 2.05) is 12.3 Å². The summed E-state index contributed by atoms with van der Waals surface area (Å²) in [6.07, 6.45) is 1.90. The number of nitrogens with one attached hydrogen (secondary N) is 1. The molecule has 2 unspecified atom stereocenters. The molecule has 1 aliphatic heterocycles. The summed E-state index contributed by atoms with van der Waals surface area (Å²) < 4.78 is 0. The number of rotatable bonds is 2. The van der Waals surface area contributed by atoms with Crippen LogP contribution in [-0.2, 0) is 6.54 Å². The van der Waals surface area contributed by atoms with Crippen molar-refractivity contribution in [3.8, 4) is 0 Å². The molecule has 0 aliphatic carbocycles. The van der Waals surface area contributed by atoms with Gasteiger partial charge in [0.25, 0.3) is 0 Å². The molecule has 0 radical (unpaired) electrons. The third-order valence-electron chi connectivity index (χ3n) is 4.22. The lowest BCUT2D eigenvalue weighted by molar-refractivity contribution is 0.0865. The highest BCUT2D eigenvalue weighted by Gasteiger charge is 2.32. The Morgan fingerprint density at radius 1 is 1.42 bits per heavy atom. The molecule has 1 aliphatic rings. The molecule has 0 bridgehead atoms. The summed E-state index contributed by atoms with van der Waals surface area (Å²) in [4.78, 5) is 7.09. The van der Waals surface area contributed by atoms with E-state index in [1.165, 1.54) is 11.3 Å². The molecule has 0 amide bonds. The average Bonchev–Trinajstić information content (AvgIpc) is 2.33. The maximum Gasteiger partial charge on any atom is 0.0573 e. The second-order valence-corrected chi connectivity index (χ2v) is 6.87. The van der Waals surface area contributed by atoms with Gasteiger partial charge in [0.2, 0.25) is 0 Å². The van der Waals surface area contributed by atoms with Gasteiger partial charge in [0.15, 0.2) is 0 Å². The van der Waals surface area contributed by atoms with Crippen molar-refractivity contribution in [3.05, 3.63) is 29.6 Å². The van der Waals surface area contributed by atoms with E-state index in [0.717, 1.165) is 19.6 Å². The smallest absolute Gasteiger partial charge is 0.0573 e. The minimum atomic E-state index is 0.303. The molecule has 0 spiro atoms. The monoisotopic (exact) mass is 261 g/mol. The van der Waals surface area contributed by atoms with Crippen LogP contribution in [0.15, 0.2) is 18.3 Å². The van der Waals surface area contributed by atoms with E-state index in [9.17, 15) is 0 Å². The molecule has 1 aromatic heterocycles. The molecule has 2 heterocycles. The Balaban J connectivity index is 2.08. The number of hydrogen-bond acceptors (Lipinski definition) is 3. The molecule has 2 atom stereocenters. The van der Waals surface area contributed by atoms with Crippen LogP contribution in [-0.4, -0.2) is 35.1 Å². The van der Waals surface area contributed by atoms with E-state index in [1.54, 1.807) is 0 Å². The van der Waals surface area contributed by atoms with E-state index in [0.29, 0.717) is 17.5 Å². The summed E-state index contributed by atoms with van der Waals surface area (Å²) in [6, 6.07) is 5.28. The predicted octanol–water partition coefficient (Wildman–Crippen LogP) is 2.60. The second-order valence-electron chi connectivity index (χ2n) is 6.87. The fourth-order valence-corrected chi connectivity index (χ4v) is 2.60. The SMILES string of the molecule is Cc1cccnc1CN1CC(C(C)(C)C)NCC1C. The molecule has 1 fully saturated rings. The number of aryl methyl sites for hydroxylation is 1. The second kappa shape index (κ2) is 5.59. The summed E-state index contributed by atoms with van der Waals surface area (Å²) >= 11 is 0. The van der Waals surface area contributed by atoms with Crippen LogP contribution >= 0.6 is 0 Å². The fourth-order valence-electron chi connectivity index (χ4n) is 2.60. The first-order valence-electron chi connectivity index (χ1n) is 7.26. The van der Waals surface area contributed by atoms with Crippen LogP contribution in [0, 0.1) is 12.3 Å². The highest BCUT2D eigenvalue weighted by atomic mass is 15.2. The van der Waals surface area contributed by atoms with E-state index >= 15 is 0 Å². The van der Waals surface area contributed by atoms with Gasteiger partial charge in [-0.05, 0) is 30.9 Å². The first-order valence-corrected chi connectivity index (χ1v) is 7.26. The van der Waals surface area contributed by atoms with Crippen molar-refractivity contribution in [2.75, 3.05) is 13.1 Å². The van der Waals surface area contributed by atoms with Crippen LogP contribution < -0.4 is 5.32 Å². The average molecular weight is 261 g/mol. The largest absolute Gasteiger partial charge is 0.311 e. The van der Waals surface area contributed by atoms with Crippen LogP contribution in [0.3, 0.4) is 0 Å². The van der Waals surface area contributed by atoms with Crippen LogP contribution in [0.1, 0.15) is 39.0 Å². The van der Waals surface area contributed by atoms with Gasteiger partial charge in [0.1, 0.15) is 0 Å². The van der Waals surface area contributed by atoms with Gasteiger partial charge in [-0.2, -0.15) is 0 Å². The van der Waals surface area contributed by atoms with E-state index in [2.05, 4.69) is 55.9 Å². The molecule has 3 heteroatoms. The quantitative estimate of drug-likeness (QED) is 0.887. The molecule has 106 valence electrons. The van der Waals surface area contributed by atoms with Gasteiger partial charge in [-0.25, -0.2) is 0 Å². The number of pyridine rings is 1. The van der Waals surface area contributed by atoms with Crippen molar-refractivity contribution in [1.82, 2.24) is 15.2 Å². The molecule has 0 saturated carbocycles. The highest BCUT2D eigenvalue weighted by Crippen LogP contribution is 2.24. The third kappa shape index (κ3) is 3.54. The van der Waals surface area contributed by atoms with Crippen LogP contribution in [0.2, 0.25) is 0 Å². The molecule has 1 N–H and O–H groups in total. The first kappa shape index (κ1) is 14.5. The normalized spacial score (nSPS) is 25.5. The summed E-state index contributed by atoms with van der Waals surface area (Å²) in [5, 5.41) is 3.68. The Morgan fingerprint density at radius 3 is 2.79 bits per heavy atom. The lowest BCUT2D eigenvalue weighted by Crippen LogP contribution is -2.59. The molecular formula is C16H27N3. The minimum absolute atomic E-state index is 0.303. The lowest BCUT2D eigenvalue weighted by atomic mass is 9.84. The van der Waals surface area contributed by atoms with Crippen molar-refractivity contribution in [2.45, 2.75) is 53.2 Å². The van der Waals surface area contributed by atoms with Crippen LogP contribution in [0.25, 0.3) is 0 Å². The Bertz CT molecular complexity index is 422. The Hall–Kier alpha value is -0.930. The zero-order valence-electron chi connectivity index (χ0n) is 12.9. The van der Waals surface area contributed by atoms with Gasteiger partial charge in [-0.3, -0.25) is 9.88 Å². The van der Waals surface area contributed by atoms with E-state index < -0.39 is 0 Å². The van der Waals surface area contributed by atoms with Crippen molar-refractivity contribution in [1.29, 1.82) is 0 Å². The molecular weight excluding hydrogens is 234 g/mol.